The first-order valence-corrected chi connectivity index (χ1v) is 7.93. The fourth-order valence-corrected chi connectivity index (χ4v) is 2.95. The van der Waals surface area contributed by atoms with E-state index in [0.29, 0.717) is 12.2 Å². The molecule has 0 bridgehead atoms. The molecule has 1 aromatic heterocycles. The first kappa shape index (κ1) is 14.8. The van der Waals surface area contributed by atoms with E-state index in [2.05, 4.69) is 53.4 Å². The Balaban J connectivity index is 1.66. The van der Waals surface area contributed by atoms with Crippen LogP contribution in [0.4, 0.5) is 0 Å². The second-order valence-electron chi connectivity index (χ2n) is 6.87. The van der Waals surface area contributed by atoms with Crippen molar-refractivity contribution in [1.82, 2.24) is 15.3 Å². The van der Waals surface area contributed by atoms with Gasteiger partial charge in [-0.05, 0) is 30.2 Å². The van der Waals surface area contributed by atoms with Gasteiger partial charge in [0.1, 0.15) is 11.5 Å². The Morgan fingerprint density at radius 2 is 1.95 bits per heavy atom. The molecule has 0 fully saturated rings. The van der Waals surface area contributed by atoms with Crippen LogP contribution < -0.4 is 5.32 Å². The summed E-state index contributed by atoms with van der Waals surface area (Å²) in [5, 5.41) is 2.96. The van der Waals surface area contributed by atoms with Crippen molar-refractivity contribution >= 4 is 5.91 Å². The van der Waals surface area contributed by atoms with Crippen molar-refractivity contribution in [3.05, 3.63) is 53.1 Å². The van der Waals surface area contributed by atoms with Crippen molar-refractivity contribution < 1.29 is 4.79 Å². The van der Waals surface area contributed by atoms with Crippen LogP contribution in [0.5, 0.6) is 0 Å². The number of rotatable bonds is 4. The molecule has 3 rings (SSSR count). The molecule has 116 valence electrons. The molecule has 1 aliphatic heterocycles. The summed E-state index contributed by atoms with van der Waals surface area (Å²) >= 11 is 0. The van der Waals surface area contributed by atoms with Crippen molar-refractivity contribution in [2.75, 3.05) is 6.54 Å². The van der Waals surface area contributed by atoms with Gasteiger partial charge in [-0.3, -0.25) is 4.79 Å². The van der Waals surface area contributed by atoms with Crippen LogP contribution in [0.15, 0.2) is 30.3 Å². The number of hydrogen-bond acceptors (Lipinski definition) is 2. The monoisotopic (exact) mass is 297 g/mol. The van der Waals surface area contributed by atoms with E-state index in [1.807, 2.05) is 6.07 Å². The van der Waals surface area contributed by atoms with Gasteiger partial charge in [-0.15, -0.1) is 0 Å². The highest BCUT2D eigenvalue weighted by molar-refractivity contribution is 5.93. The van der Waals surface area contributed by atoms with Crippen LogP contribution in [-0.2, 0) is 19.3 Å². The third-order valence-electron chi connectivity index (χ3n) is 4.15. The maximum atomic E-state index is 12.1. The van der Waals surface area contributed by atoms with Gasteiger partial charge < -0.3 is 10.3 Å². The number of carbonyl (C=O) groups is 1. The molecular weight excluding hydrogens is 274 g/mol. The summed E-state index contributed by atoms with van der Waals surface area (Å²) in [4.78, 5) is 20.0. The smallest absolute Gasteiger partial charge is 0.271 e. The van der Waals surface area contributed by atoms with E-state index in [9.17, 15) is 4.79 Å². The van der Waals surface area contributed by atoms with Gasteiger partial charge in [-0.25, -0.2) is 4.98 Å². The number of carbonyl (C=O) groups excluding carboxylic acids is 1. The van der Waals surface area contributed by atoms with Crippen molar-refractivity contribution in [3.8, 4) is 0 Å². The van der Waals surface area contributed by atoms with Gasteiger partial charge in [0, 0.05) is 18.7 Å². The maximum absolute atomic E-state index is 12.1. The molecule has 0 saturated heterocycles. The van der Waals surface area contributed by atoms with E-state index in [0.717, 1.165) is 37.2 Å². The summed E-state index contributed by atoms with van der Waals surface area (Å²) < 4.78 is 0. The second kappa shape index (κ2) is 5.95. The molecule has 0 saturated carbocycles. The molecule has 4 nitrogen and oxygen atoms in total. The van der Waals surface area contributed by atoms with E-state index >= 15 is 0 Å². The van der Waals surface area contributed by atoms with Crippen LogP contribution in [0.25, 0.3) is 0 Å². The van der Waals surface area contributed by atoms with Gasteiger partial charge in [0.15, 0.2) is 0 Å². The number of benzene rings is 1. The number of nitrogens with one attached hydrogen (secondary N) is 2. The van der Waals surface area contributed by atoms with Crippen LogP contribution in [-0.4, -0.2) is 22.4 Å². The molecule has 0 aliphatic carbocycles. The van der Waals surface area contributed by atoms with Gasteiger partial charge >= 0.3 is 0 Å². The molecule has 1 amide bonds. The standard InChI is InChI=1S/C18H23N3O/c1-18(2)11-14-16(17(22)19-12-18)21-15(20-14)10-6-9-13-7-4-3-5-8-13/h3-5,7-8H,6,9-12H2,1-2H3,(H,19,22)(H,20,21). The largest absolute Gasteiger partial charge is 0.350 e. The topological polar surface area (TPSA) is 57.8 Å². The van der Waals surface area contributed by atoms with Crippen LogP contribution in [0.3, 0.4) is 0 Å². The fraction of sp³-hybridized carbons (Fsp3) is 0.444. The molecule has 2 N–H and O–H groups in total. The third-order valence-corrected chi connectivity index (χ3v) is 4.15. The van der Waals surface area contributed by atoms with Crippen molar-refractivity contribution in [2.45, 2.75) is 39.5 Å². The second-order valence-corrected chi connectivity index (χ2v) is 6.87. The molecule has 1 aliphatic rings. The zero-order chi connectivity index (χ0) is 15.6. The Hall–Kier alpha value is -2.10. The summed E-state index contributed by atoms with van der Waals surface area (Å²) in [6.07, 6.45) is 3.79. The van der Waals surface area contributed by atoms with E-state index in [1.165, 1.54) is 5.56 Å². The summed E-state index contributed by atoms with van der Waals surface area (Å²) in [5.41, 5.74) is 2.97. The van der Waals surface area contributed by atoms with Gasteiger partial charge in [-0.2, -0.15) is 0 Å². The summed E-state index contributed by atoms with van der Waals surface area (Å²) in [7, 11) is 0. The Bertz CT molecular complexity index is 658. The maximum Gasteiger partial charge on any atom is 0.271 e. The lowest BCUT2D eigenvalue weighted by Gasteiger charge is -2.21. The quantitative estimate of drug-likeness (QED) is 0.911. The predicted octanol–water partition coefficient (Wildman–Crippen LogP) is 2.90. The average molecular weight is 297 g/mol. The van der Waals surface area contributed by atoms with E-state index in [4.69, 9.17) is 0 Å². The molecule has 0 spiro atoms. The van der Waals surface area contributed by atoms with Gasteiger partial charge in [0.2, 0.25) is 0 Å². The van der Waals surface area contributed by atoms with Crippen LogP contribution in [0.2, 0.25) is 0 Å². The Labute approximate surface area is 131 Å². The zero-order valence-electron chi connectivity index (χ0n) is 13.3. The average Bonchev–Trinajstić information content (AvgIpc) is 2.84. The van der Waals surface area contributed by atoms with E-state index in [-0.39, 0.29) is 11.3 Å². The molecule has 2 heterocycles. The Morgan fingerprint density at radius 1 is 1.18 bits per heavy atom. The summed E-state index contributed by atoms with van der Waals surface area (Å²) in [6, 6.07) is 10.5. The van der Waals surface area contributed by atoms with Gasteiger partial charge in [-0.1, -0.05) is 44.2 Å². The highest BCUT2D eigenvalue weighted by atomic mass is 16.1. The lowest BCUT2D eigenvalue weighted by atomic mass is 9.88. The minimum Gasteiger partial charge on any atom is -0.350 e. The third kappa shape index (κ3) is 3.38. The number of nitrogens with zero attached hydrogens (tertiary/aromatic N) is 1. The minimum absolute atomic E-state index is 0.0499. The molecule has 1 aromatic carbocycles. The normalized spacial score (nSPS) is 16.7. The Kier molecular flexibility index (Phi) is 4.01. The van der Waals surface area contributed by atoms with Crippen LogP contribution >= 0.6 is 0 Å². The zero-order valence-corrected chi connectivity index (χ0v) is 13.3. The molecule has 4 heteroatoms. The lowest BCUT2D eigenvalue weighted by Crippen LogP contribution is -2.32. The van der Waals surface area contributed by atoms with Crippen molar-refractivity contribution in [3.63, 3.8) is 0 Å². The number of hydrogen-bond donors (Lipinski definition) is 2. The van der Waals surface area contributed by atoms with E-state index in [1.54, 1.807) is 0 Å². The first-order valence-electron chi connectivity index (χ1n) is 7.93. The molecule has 0 atom stereocenters. The molecular formula is C18H23N3O. The van der Waals surface area contributed by atoms with Crippen molar-refractivity contribution in [1.29, 1.82) is 0 Å². The lowest BCUT2D eigenvalue weighted by molar-refractivity contribution is 0.0940. The number of aryl methyl sites for hydroxylation is 2. The van der Waals surface area contributed by atoms with Gasteiger partial charge in [0.25, 0.3) is 5.91 Å². The number of imidazole rings is 1. The number of H-pyrrole nitrogens is 1. The van der Waals surface area contributed by atoms with E-state index < -0.39 is 0 Å². The summed E-state index contributed by atoms with van der Waals surface area (Å²) in [6.45, 7) is 5.02. The minimum atomic E-state index is -0.0499. The van der Waals surface area contributed by atoms with Gasteiger partial charge in [0.05, 0.1) is 0 Å². The highest BCUT2D eigenvalue weighted by Crippen LogP contribution is 2.25. The number of fused-ring (bicyclic) bond motifs is 1. The number of aromatic nitrogens is 2. The molecule has 0 unspecified atom stereocenters. The molecule has 2 aromatic rings. The van der Waals surface area contributed by atoms with Crippen LogP contribution in [0, 0.1) is 5.41 Å². The number of aromatic amines is 1. The molecule has 22 heavy (non-hydrogen) atoms. The summed E-state index contributed by atoms with van der Waals surface area (Å²) in [5.74, 6) is 0.875. The molecule has 0 radical (unpaired) electrons. The predicted molar refractivity (Wildman–Crippen MR) is 86.9 cm³/mol. The Morgan fingerprint density at radius 3 is 2.73 bits per heavy atom. The van der Waals surface area contributed by atoms with Crippen LogP contribution in [0.1, 0.15) is 47.8 Å². The SMILES string of the molecule is CC1(C)CNC(=O)c2nc(CCCc3ccccc3)[nH]c2C1. The number of amides is 1. The first-order chi connectivity index (χ1) is 10.5. The fourth-order valence-electron chi connectivity index (χ4n) is 2.95. The highest BCUT2D eigenvalue weighted by Gasteiger charge is 2.29. The van der Waals surface area contributed by atoms with Crippen molar-refractivity contribution in [2.24, 2.45) is 5.41 Å².